The van der Waals surface area contributed by atoms with E-state index in [9.17, 15) is 0 Å². The van der Waals surface area contributed by atoms with E-state index < -0.39 is 7.85 Å². The molecular weight excluding hydrogens is 154 g/mol. The largest absolute Gasteiger partial charge is 0.293 e. The summed E-state index contributed by atoms with van der Waals surface area (Å²) in [7, 11) is 0.586. The Hall–Kier alpha value is -0.590. The van der Waals surface area contributed by atoms with Gasteiger partial charge in [-0.05, 0) is 6.07 Å². The molecule has 1 unspecified atom stereocenters. The van der Waals surface area contributed by atoms with Gasteiger partial charge in [0.1, 0.15) is 21.8 Å². The van der Waals surface area contributed by atoms with Crippen LogP contribution in [0.15, 0.2) is 12.3 Å². The highest BCUT2D eigenvalue weighted by atomic mass is 31.2. The molecule has 1 atom stereocenters. The predicted molar refractivity (Wildman–Crippen MR) is 37.3 cm³/mol. The van der Waals surface area contributed by atoms with Gasteiger partial charge in [-0.2, -0.15) is 9.61 Å². The van der Waals surface area contributed by atoms with Crippen molar-refractivity contribution in [2.75, 3.05) is 0 Å². The van der Waals surface area contributed by atoms with Gasteiger partial charge < -0.3 is 0 Å². The molecule has 0 spiro atoms. The molecule has 0 bridgehead atoms. The Kier molecular flexibility index (Phi) is 1.15. The van der Waals surface area contributed by atoms with Crippen molar-refractivity contribution in [1.82, 2.24) is 19.2 Å². The average Bonchev–Trinajstić information content (AvgIpc) is 2.11. The summed E-state index contributed by atoms with van der Waals surface area (Å²) in [5, 5.41) is 6.67. The predicted octanol–water partition coefficient (Wildman–Crippen LogP) is 1.69. The molecule has 0 saturated heterocycles. The number of hydrogen-bond donors (Lipinski definition) is 2. The highest BCUT2D eigenvalue weighted by molar-refractivity contribution is 7.60. The van der Waals surface area contributed by atoms with Crippen LogP contribution in [0, 0.1) is 0 Å². The Morgan fingerprint density at radius 3 is 3.00 bits per heavy atom. The Balaban J connectivity index is 2.43. The molecule has 2 N–H and O–H groups in total. The van der Waals surface area contributed by atoms with Gasteiger partial charge in [0.05, 0.1) is 0 Å². The van der Waals surface area contributed by atoms with Gasteiger partial charge in [-0.1, -0.05) is 0 Å². The van der Waals surface area contributed by atoms with Crippen LogP contribution in [0.4, 0.5) is 0 Å². The standard InChI is InChI=1S/C3H4N4P2/c1-2-4-5-3(1)9-6-8-7-9/h1-2H,(H,4,5)(H,6,7). The lowest BCUT2D eigenvalue weighted by Gasteiger charge is -1.95. The van der Waals surface area contributed by atoms with Crippen molar-refractivity contribution in [3.8, 4) is 5.44 Å². The van der Waals surface area contributed by atoms with E-state index in [1.54, 1.807) is 6.20 Å². The van der Waals surface area contributed by atoms with Crippen molar-refractivity contribution in [3.63, 3.8) is 0 Å². The maximum atomic E-state index is 4.17. The SMILES string of the molecule is c1cc(-p2np[nH]2)[nH]n1. The third-order valence-electron chi connectivity index (χ3n) is 0.988. The summed E-state index contributed by atoms with van der Waals surface area (Å²) in [6.45, 7) is 0. The Bertz CT molecular complexity index is 259. The molecule has 46 valence electrons. The van der Waals surface area contributed by atoms with E-state index in [-0.39, 0.29) is 0 Å². The highest BCUT2D eigenvalue weighted by Crippen LogP contribution is 2.34. The molecule has 0 aliphatic rings. The highest BCUT2D eigenvalue weighted by Gasteiger charge is 1.99. The molecule has 9 heavy (non-hydrogen) atoms. The average molecular weight is 158 g/mol. The number of rotatable bonds is 1. The van der Waals surface area contributed by atoms with Crippen LogP contribution >= 0.6 is 16.4 Å². The van der Waals surface area contributed by atoms with Crippen molar-refractivity contribution in [2.24, 2.45) is 0 Å². The zero-order valence-corrected chi connectivity index (χ0v) is 6.23. The number of nitrogens with one attached hydrogen (secondary N) is 2. The van der Waals surface area contributed by atoms with Crippen molar-refractivity contribution >= 4 is 16.4 Å². The van der Waals surface area contributed by atoms with Gasteiger partial charge in [-0.25, -0.2) is 0 Å². The second-order valence-electron chi connectivity index (χ2n) is 1.54. The van der Waals surface area contributed by atoms with Crippen molar-refractivity contribution < 1.29 is 0 Å². The lowest BCUT2D eigenvalue weighted by Crippen LogP contribution is -1.73. The van der Waals surface area contributed by atoms with Gasteiger partial charge in [-0.15, -0.1) is 0 Å². The molecule has 0 radical (unpaired) electrons. The van der Waals surface area contributed by atoms with E-state index in [0.717, 1.165) is 13.9 Å². The third kappa shape index (κ3) is 0.805. The van der Waals surface area contributed by atoms with Crippen LogP contribution in [0.2, 0.25) is 0 Å². The van der Waals surface area contributed by atoms with Gasteiger partial charge in [-0.3, -0.25) is 9.61 Å². The first-order valence-corrected chi connectivity index (χ1v) is 4.57. The summed E-state index contributed by atoms with van der Waals surface area (Å²) in [5.41, 5.74) is 1.10. The van der Waals surface area contributed by atoms with Crippen molar-refractivity contribution in [1.29, 1.82) is 0 Å². The number of hydrogen-bond acceptors (Lipinski definition) is 2. The molecule has 0 aliphatic heterocycles. The first-order valence-electron chi connectivity index (χ1n) is 2.42. The zero-order chi connectivity index (χ0) is 6.10. The van der Waals surface area contributed by atoms with E-state index >= 15 is 0 Å². The molecule has 2 heterocycles. The quantitative estimate of drug-likeness (QED) is 0.663. The van der Waals surface area contributed by atoms with Crippen LogP contribution < -0.4 is 0 Å². The number of H-pyrrole nitrogens is 2. The smallest absolute Gasteiger partial charge is 0.139 e. The molecule has 6 heteroatoms. The van der Waals surface area contributed by atoms with E-state index in [4.69, 9.17) is 0 Å². The normalized spacial score (nSPS) is 13.1. The number of nitrogens with zero attached hydrogens (tertiary/aromatic N) is 2. The lowest BCUT2D eigenvalue weighted by atomic mass is 10.8. The molecule has 0 amide bonds. The first-order chi connectivity index (χ1) is 4.47. The monoisotopic (exact) mass is 158 g/mol. The second kappa shape index (κ2) is 1.98. The van der Waals surface area contributed by atoms with Gasteiger partial charge in [0, 0.05) is 6.20 Å². The van der Waals surface area contributed by atoms with Crippen LogP contribution in [0.1, 0.15) is 0 Å². The van der Waals surface area contributed by atoms with E-state index in [1.807, 2.05) is 6.07 Å². The van der Waals surface area contributed by atoms with Crippen LogP contribution in [-0.4, -0.2) is 19.2 Å². The molecule has 2 rings (SSSR count). The summed E-state index contributed by atoms with van der Waals surface area (Å²) in [6.07, 6.45) is 1.74. The Morgan fingerprint density at radius 2 is 2.56 bits per heavy atom. The lowest BCUT2D eigenvalue weighted by molar-refractivity contribution is 1.11. The molecule has 2 aromatic heterocycles. The fourth-order valence-corrected chi connectivity index (χ4v) is 2.45. The van der Waals surface area contributed by atoms with E-state index in [2.05, 4.69) is 19.2 Å². The Morgan fingerprint density at radius 1 is 1.67 bits per heavy atom. The summed E-state index contributed by atoms with van der Waals surface area (Å²) < 4.78 is 7.31. The molecule has 2 aromatic rings. The van der Waals surface area contributed by atoms with E-state index in [0.29, 0.717) is 0 Å². The second-order valence-corrected chi connectivity index (χ2v) is 4.36. The third-order valence-corrected chi connectivity index (χ3v) is 3.88. The minimum Gasteiger partial charge on any atom is -0.293 e. The summed E-state index contributed by atoms with van der Waals surface area (Å²) in [5.74, 6) is 0. The van der Waals surface area contributed by atoms with Crippen molar-refractivity contribution in [3.05, 3.63) is 12.3 Å². The van der Waals surface area contributed by atoms with Gasteiger partial charge >= 0.3 is 0 Å². The molecule has 0 fully saturated rings. The summed E-state index contributed by atoms with van der Waals surface area (Å²) in [4.78, 5) is 0. The molecule has 4 nitrogen and oxygen atoms in total. The molecular formula is C3H4N4P2. The topological polar surface area (TPSA) is 57.4 Å². The van der Waals surface area contributed by atoms with Crippen LogP contribution in [0.25, 0.3) is 5.44 Å². The molecule has 0 aliphatic carbocycles. The zero-order valence-electron chi connectivity index (χ0n) is 4.44. The number of aromatic amines is 2. The van der Waals surface area contributed by atoms with E-state index in [1.165, 1.54) is 0 Å². The Labute approximate surface area is 54.1 Å². The maximum absolute atomic E-state index is 4.17. The minimum absolute atomic E-state index is 0.411. The van der Waals surface area contributed by atoms with Crippen LogP contribution in [0.5, 0.6) is 0 Å². The minimum atomic E-state index is -0.411. The molecule has 0 saturated carbocycles. The fourth-order valence-electron chi connectivity index (χ4n) is 0.558. The summed E-state index contributed by atoms with van der Waals surface area (Å²) >= 11 is 0. The summed E-state index contributed by atoms with van der Waals surface area (Å²) in [6, 6.07) is 1.94. The first kappa shape index (κ1) is 5.21. The number of aromatic nitrogens is 4. The van der Waals surface area contributed by atoms with Gasteiger partial charge in [0.2, 0.25) is 0 Å². The molecule has 0 aromatic carbocycles. The van der Waals surface area contributed by atoms with Gasteiger partial charge in [0.25, 0.3) is 0 Å². The fraction of sp³-hybridized carbons (Fsp3) is 0. The van der Waals surface area contributed by atoms with Crippen molar-refractivity contribution in [2.45, 2.75) is 0 Å². The van der Waals surface area contributed by atoms with Crippen LogP contribution in [-0.2, 0) is 0 Å². The maximum Gasteiger partial charge on any atom is 0.139 e. The van der Waals surface area contributed by atoms with Crippen LogP contribution in [0.3, 0.4) is 0 Å². The van der Waals surface area contributed by atoms with Gasteiger partial charge in [0.15, 0.2) is 0 Å².